The van der Waals surface area contributed by atoms with Crippen LogP contribution in [0.2, 0.25) is 0 Å². The van der Waals surface area contributed by atoms with E-state index >= 15 is 0 Å². The molecule has 0 radical (unpaired) electrons. The summed E-state index contributed by atoms with van der Waals surface area (Å²) in [5.41, 5.74) is 8.70. The summed E-state index contributed by atoms with van der Waals surface area (Å²) >= 11 is 0. The van der Waals surface area contributed by atoms with Crippen molar-refractivity contribution in [3.8, 4) is 5.75 Å². The molecule has 2 aromatic rings. The summed E-state index contributed by atoms with van der Waals surface area (Å²) in [5.74, 6) is 2.19. The van der Waals surface area contributed by atoms with Gasteiger partial charge in [-0.25, -0.2) is 0 Å². The van der Waals surface area contributed by atoms with Crippen LogP contribution in [0.3, 0.4) is 0 Å². The first-order valence-corrected chi connectivity index (χ1v) is 12.2. The van der Waals surface area contributed by atoms with Crippen LogP contribution in [0.4, 0.5) is 5.69 Å². The summed E-state index contributed by atoms with van der Waals surface area (Å²) in [6.07, 6.45) is 2.21. The predicted octanol–water partition coefficient (Wildman–Crippen LogP) is 5.86. The van der Waals surface area contributed by atoms with Crippen LogP contribution in [-0.2, 0) is 6.61 Å². The Balaban J connectivity index is 2.00. The second kappa shape index (κ2) is 12.9. The average molecular weight is 440 g/mol. The fraction of sp³-hybridized carbons (Fsp3) is 0.571. The molecule has 0 unspecified atom stereocenters. The van der Waals surface area contributed by atoms with Gasteiger partial charge >= 0.3 is 0 Å². The zero-order valence-electron chi connectivity index (χ0n) is 21.1. The van der Waals surface area contributed by atoms with Gasteiger partial charge < -0.3 is 20.7 Å². The molecule has 0 aliphatic rings. The van der Waals surface area contributed by atoms with E-state index in [1.165, 1.54) is 11.3 Å². The molecule has 2 aromatic carbocycles. The molecule has 0 aliphatic carbocycles. The molecule has 32 heavy (non-hydrogen) atoms. The number of hydrogen-bond donors (Lipinski definition) is 2. The van der Waals surface area contributed by atoms with Crippen LogP contribution < -0.4 is 20.7 Å². The lowest BCUT2D eigenvalue weighted by atomic mass is 10.00. The minimum absolute atomic E-state index is 0.0337. The summed E-state index contributed by atoms with van der Waals surface area (Å²) in [4.78, 5) is 2.49. The van der Waals surface area contributed by atoms with Crippen LogP contribution in [0, 0.1) is 11.8 Å². The molecular weight excluding hydrogens is 394 g/mol. The number of nitrogens with one attached hydrogen (secondary N) is 1. The highest BCUT2D eigenvalue weighted by molar-refractivity contribution is 5.49. The first-order chi connectivity index (χ1) is 15.1. The molecule has 0 saturated carbocycles. The SMILES string of the molecule is CC(C)CCN(CC(C)(C)NC[C@@H](N)CC(C)C)c1ccc(OCc2ccccc2)cc1. The summed E-state index contributed by atoms with van der Waals surface area (Å²) in [6, 6.07) is 19.0. The number of anilines is 1. The zero-order chi connectivity index (χ0) is 23.6. The van der Waals surface area contributed by atoms with E-state index in [2.05, 4.69) is 88.2 Å². The van der Waals surface area contributed by atoms with Crippen molar-refractivity contribution in [2.75, 3.05) is 24.5 Å². The summed E-state index contributed by atoms with van der Waals surface area (Å²) < 4.78 is 5.98. The molecule has 0 bridgehead atoms. The second-order valence-electron chi connectivity index (χ2n) is 10.5. The molecule has 0 saturated heterocycles. The van der Waals surface area contributed by atoms with E-state index in [1.807, 2.05) is 18.2 Å². The molecule has 0 spiro atoms. The Kier molecular flexibility index (Phi) is 10.5. The molecule has 0 fully saturated rings. The van der Waals surface area contributed by atoms with Crippen molar-refractivity contribution in [1.29, 1.82) is 0 Å². The van der Waals surface area contributed by atoms with Gasteiger partial charge in [-0.1, -0.05) is 58.0 Å². The van der Waals surface area contributed by atoms with Crippen LogP contribution in [0.25, 0.3) is 0 Å². The zero-order valence-corrected chi connectivity index (χ0v) is 21.1. The van der Waals surface area contributed by atoms with Gasteiger partial charge in [-0.15, -0.1) is 0 Å². The van der Waals surface area contributed by atoms with Crippen molar-refractivity contribution in [3.05, 3.63) is 60.2 Å². The standard InChI is InChI=1S/C28H45N3O/c1-22(2)16-17-31(21-28(5,6)30-19-25(29)18-23(3)4)26-12-14-27(15-13-26)32-20-24-10-8-7-9-11-24/h7-15,22-23,25,30H,16-21,29H2,1-6H3/t25-/m0/s1. The van der Waals surface area contributed by atoms with Crippen molar-refractivity contribution in [2.24, 2.45) is 17.6 Å². The molecule has 0 aromatic heterocycles. The lowest BCUT2D eigenvalue weighted by Gasteiger charge is -2.36. The Bertz CT molecular complexity index is 756. The molecule has 0 aliphatic heterocycles. The summed E-state index contributed by atoms with van der Waals surface area (Å²) in [6.45, 7) is 17.0. The smallest absolute Gasteiger partial charge is 0.119 e. The van der Waals surface area contributed by atoms with Gasteiger partial charge in [0.15, 0.2) is 0 Å². The topological polar surface area (TPSA) is 50.5 Å². The maximum Gasteiger partial charge on any atom is 0.119 e. The predicted molar refractivity (Wildman–Crippen MR) is 138 cm³/mol. The number of nitrogens with two attached hydrogens (primary N) is 1. The van der Waals surface area contributed by atoms with Crippen LogP contribution >= 0.6 is 0 Å². The molecule has 1 atom stereocenters. The van der Waals surface area contributed by atoms with Gasteiger partial charge in [0, 0.05) is 36.9 Å². The van der Waals surface area contributed by atoms with Gasteiger partial charge in [0.1, 0.15) is 12.4 Å². The van der Waals surface area contributed by atoms with E-state index in [9.17, 15) is 0 Å². The summed E-state index contributed by atoms with van der Waals surface area (Å²) in [7, 11) is 0. The van der Waals surface area contributed by atoms with Gasteiger partial charge in [0.25, 0.3) is 0 Å². The van der Waals surface area contributed by atoms with Crippen molar-refractivity contribution in [2.45, 2.75) is 72.6 Å². The van der Waals surface area contributed by atoms with Crippen LogP contribution in [0.1, 0.15) is 59.9 Å². The van der Waals surface area contributed by atoms with Gasteiger partial charge in [0.05, 0.1) is 0 Å². The summed E-state index contributed by atoms with van der Waals surface area (Å²) in [5, 5.41) is 3.71. The number of ether oxygens (including phenoxy) is 1. The number of nitrogens with zero attached hydrogens (tertiary/aromatic N) is 1. The monoisotopic (exact) mass is 439 g/mol. The molecule has 2 rings (SSSR count). The van der Waals surface area contributed by atoms with Crippen LogP contribution in [0.15, 0.2) is 54.6 Å². The van der Waals surface area contributed by atoms with E-state index in [4.69, 9.17) is 10.5 Å². The Morgan fingerprint density at radius 2 is 1.59 bits per heavy atom. The largest absolute Gasteiger partial charge is 0.489 e. The third-order valence-corrected chi connectivity index (χ3v) is 5.63. The normalized spacial score (nSPS) is 12.9. The average Bonchev–Trinajstić information content (AvgIpc) is 2.74. The van der Waals surface area contributed by atoms with Crippen molar-refractivity contribution in [1.82, 2.24) is 5.32 Å². The molecule has 0 heterocycles. The van der Waals surface area contributed by atoms with E-state index in [1.54, 1.807) is 0 Å². The van der Waals surface area contributed by atoms with Gasteiger partial charge in [-0.05, 0) is 68.4 Å². The lowest BCUT2D eigenvalue weighted by Crippen LogP contribution is -2.53. The van der Waals surface area contributed by atoms with Crippen molar-refractivity contribution in [3.63, 3.8) is 0 Å². The molecule has 4 nitrogen and oxygen atoms in total. The quantitative estimate of drug-likeness (QED) is 0.387. The number of benzene rings is 2. The number of hydrogen-bond acceptors (Lipinski definition) is 4. The van der Waals surface area contributed by atoms with Crippen molar-refractivity contribution < 1.29 is 4.74 Å². The molecule has 3 N–H and O–H groups in total. The second-order valence-corrected chi connectivity index (χ2v) is 10.5. The Morgan fingerprint density at radius 1 is 0.938 bits per heavy atom. The van der Waals surface area contributed by atoms with E-state index in [-0.39, 0.29) is 11.6 Å². The lowest BCUT2D eigenvalue weighted by molar-refractivity contribution is 0.306. The van der Waals surface area contributed by atoms with Crippen molar-refractivity contribution >= 4 is 5.69 Å². The Morgan fingerprint density at radius 3 is 2.19 bits per heavy atom. The minimum Gasteiger partial charge on any atom is -0.489 e. The van der Waals surface area contributed by atoms with Gasteiger partial charge in [0.2, 0.25) is 0 Å². The third kappa shape index (κ3) is 10.1. The maximum absolute atomic E-state index is 6.32. The highest BCUT2D eigenvalue weighted by Crippen LogP contribution is 2.23. The fourth-order valence-corrected chi connectivity index (χ4v) is 3.84. The Labute approximate surface area is 196 Å². The highest BCUT2D eigenvalue weighted by atomic mass is 16.5. The van der Waals surface area contributed by atoms with Gasteiger partial charge in [-0.2, -0.15) is 0 Å². The molecular formula is C28H45N3O. The van der Waals surface area contributed by atoms with E-state index < -0.39 is 0 Å². The van der Waals surface area contributed by atoms with Crippen LogP contribution in [-0.4, -0.2) is 31.2 Å². The fourth-order valence-electron chi connectivity index (χ4n) is 3.84. The maximum atomic E-state index is 6.32. The molecule has 178 valence electrons. The van der Waals surface area contributed by atoms with E-state index in [0.717, 1.165) is 38.2 Å². The minimum atomic E-state index is -0.0337. The first-order valence-electron chi connectivity index (χ1n) is 12.2. The highest BCUT2D eigenvalue weighted by Gasteiger charge is 2.23. The van der Waals surface area contributed by atoms with E-state index in [0.29, 0.717) is 18.4 Å². The van der Waals surface area contributed by atoms with Gasteiger partial charge in [-0.3, -0.25) is 0 Å². The first kappa shape index (κ1) is 26.2. The Hall–Kier alpha value is -2.04. The van der Waals surface area contributed by atoms with Crippen LogP contribution in [0.5, 0.6) is 5.75 Å². The number of rotatable bonds is 14. The third-order valence-electron chi connectivity index (χ3n) is 5.63. The molecule has 0 amide bonds. The molecule has 4 heteroatoms.